The largest absolute Gasteiger partial charge is 0.374 e. The van der Waals surface area contributed by atoms with Crippen LogP contribution in [-0.2, 0) is 4.74 Å². The summed E-state index contributed by atoms with van der Waals surface area (Å²) >= 11 is 0. The van der Waals surface area contributed by atoms with Crippen molar-refractivity contribution in [1.82, 2.24) is 10.2 Å². The molecule has 0 bridgehead atoms. The Morgan fingerprint density at radius 1 is 1.29 bits per heavy atom. The average Bonchev–Trinajstić information content (AvgIpc) is 2.85. The number of fused-ring (bicyclic) bond motifs is 1. The van der Waals surface area contributed by atoms with Crippen molar-refractivity contribution in [2.24, 2.45) is 0 Å². The van der Waals surface area contributed by atoms with Gasteiger partial charge in [-0.2, -0.15) is 0 Å². The van der Waals surface area contributed by atoms with Crippen LogP contribution in [0.5, 0.6) is 0 Å². The number of ether oxygens (including phenoxy) is 1. The molecular formula is C14H24N2O. The van der Waals surface area contributed by atoms with E-state index in [0.717, 1.165) is 25.7 Å². The maximum atomic E-state index is 5.95. The van der Waals surface area contributed by atoms with Crippen molar-refractivity contribution >= 4 is 0 Å². The zero-order valence-corrected chi connectivity index (χ0v) is 10.6. The molecule has 0 spiro atoms. The van der Waals surface area contributed by atoms with Gasteiger partial charge in [0, 0.05) is 25.2 Å². The first kappa shape index (κ1) is 11.7. The number of hydrogen-bond acceptors (Lipinski definition) is 3. The lowest BCUT2D eigenvalue weighted by atomic mass is 10.0. The number of hydrogen-bond donors (Lipinski definition) is 1. The molecule has 3 unspecified atom stereocenters. The van der Waals surface area contributed by atoms with E-state index in [1.807, 2.05) is 0 Å². The second-order valence-electron chi connectivity index (χ2n) is 5.62. The minimum atomic E-state index is 0.402. The summed E-state index contributed by atoms with van der Waals surface area (Å²) in [5, 5.41) is 3.63. The summed E-state index contributed by atoms with van der Waals surface area (Å²) in [7, 11) is 0. The fourth-order valence-corrected chi connectivity index (χ4v) is 3.27. The van der Waals surface area contributed by atoms with Crippen molar-refractivity contribution in [3.05, 3.63) is 12.2 Å². The third-order valence-corrected chi connectivity index (χ3v) is 4.32. The molecule has 2 fully saturated rings. The summed E-state index contributed by atoms with van der Waals surface area (Å²) in [6.45, 7) is 4.38. The van der Waals surface area contributed by atoms with Gasteiger partial charge in [-0.05, 0) is 38.6 Å². The Morgan fingerprint density at radius 2 is 2.29 bits per heavy atom. The Balaban J connectivity index is 1.43. The molecule has 0 aromatic carbocycles. The van der Waals surface area contributed by atoms with Crippen molar-refractivity contribution < 1.29 is 4.74 Å². The third-order valence-electron chi connectivity index (χ3n) is 4.32. The molecule has 0 aromatic rings. The zero-order valence-electron chi connectivity index (χ0n) is 10.6. The van der Waals surface area contributed by atoms with E-state index < -0.39 is 0 Å². The molecule has 1 aliphatic carbocycles. The molecule has 0 amide bonds. The Bertz CT molecular complexity index is 279. The van der Waals surface area contributed by atoms with Crippen molar-refractivity contribution in [3.8, 4) is 0 Å². The molecule has 2 saturated heterocycles. The van der Waals surface area contributed by atoms with E-state index in [9.17, 15) is 0 Å². The highest BCUT2D eigenvalue weighted by atomic mass is 16.5. The summed E-state index contributed by atoms with van der Waals surface area (Å²) < 4.78 is 5.95. The lowest BCUT2D eigenvalue weighted by Crippen LogP contribution is -2.50. The average molecular weight is 236 g/mol. The van der Waals surface area contributed by atoms with Crippen LogP contribution in [0.4, 0.5) is 0 Å². The van der Waals surface area contributed by atoms with Gasteiger partial charge in [0.25, 0.3) is 0 Å². The number of nitrogens with zero attached hydrogens (tertiary/aromatic N) is 1. The molecule has 0 aromatic heterocycles. The Kier molecular flexibility index (Phi) is 3.79. The molecule has 17 heavy (non-hydrogen) atoms. The fraction of sp³-hybridized carbons (Fsp3) is 0.857. The van der Waals surface area contributed by atoms with Crippen LogP contribution in [0.3, 0.4) is 0 Å². The minimum absolute atomic E-state index is 0.402. The molecule has 96 valence electrons. The Morgan fingerprint density at radius 3 is 3.18 bits per heavy atom. The number of rotatable bonds is 3. The van der Waals surface area contributed by atoms with Gasteiger partial charge in [-0.3, -0.25) is 4.90 Å². The Hall–Kier alpha value is -0.380. The van der Waals surface area contributed by atoms with Crippen molar-refractivity contribution in [2.75, 3.05) is 26.2 Å². The van der Waals surface area contributed by atoms with E-state index in [0.29, 0.717) is 12.1 Å². The van der Waals surface area contributed by atoms with Gasteiger partial charge in [-0.1, -0.05) is 12.2 Å². The molecule has 2 aliphatic heterocycles. The van der Waals surface area contributed by atoms with Crippen LogP contribution in [0.2, 0.25) is 0 Å². The van der Waals surface area contributed by atoms with E-state index in [-0.39, 0.29) is 0 Å². The van der Waals surface area contributed by atoms with Crippen LogP contribution in [-0.4, -0.2) is 49.3 Å². The summed E-state index contributed by atoms with van der Waals surface area (Å²) in [5.74, 6) is 0. The van der Waals surface area contributed by atoms with Crippen LogP contribution in [0, 0.1) is 0 Å². The molecule has 1 N–H and O–H groups in total. The summed E-state index contributed by atoms with van der Waals surface area (Å²) in [5.41, 5.74) is 0. The van der Waals surface area contributed by atoms with Gasteiger partial charge < -0.3 is 10.1 Å². The molecule has 0 radical (unpaired) electrons. The first-order valence-corrected chi connectivity index (χ1v) is 7.17. The van der Waals surface area contributed by atoms with Crippen molar-refractivity contribution in [1.29, 1.82) is 0 Å². The van der Waals surface area contributed by atoms with E-state index in [2.05, 4.69) is 22.4 Å². The van der Waals surface area contributed by atoms with Crippen LogP contribution < -0.4 is 5.32 Å². The molecule has 2 heterocycles. The molecule has 0 saturated carbocycles. The van der Waals surface area contributed by atoms with E-state index in [1.54, 1.807) is 0 Å². The maximum Gasteiger partial charge on any atom is 0.0827 e. The van der Waals surface area contributed by atoms with Gasteiger partial charge in [0.05, 0.1) is 12.7 Å². The van der Waals surface area contributed by atoms with Gasteiger partial charge in [-0.15, -0.1) is 0 Å². The number of allylic oxidation sites excluding steroid dienone is 1. The minimum Gasteiger partial charge on any atom is -0.374 e. The van der Waals surface area contributed by atoms with Crippen molar-refractivity contribution in [3.63, 3.8) is 0 Å². The monoisotopic (exact) mass is 236 g/mol. The smallest absolute Gasteiger partial charge is 0.0827 e. The standard InChI is InChI=1S/C14H24N2O/c1-2-5-12(6-3-1)15-9-14-10-16-8-4-7-13(16)11-17-14/h2,5,12-15H,1,3-4,6-11H2. The number of nitrogens with one attached hydrogen (secondary N) is 1. The van der Waals surface area contributed by atoms with E-state index in [1.165, 1.54) is 38.6 Å². The second kappa shape index (κ2) is 5.51. The molecule has 3 atom stereocenters. The zero-order chi connectivity index (χ0) is 11.5. The third kappa shape index (κ3) is 2.90. The van der Waals surface area contributed by atoms with Gasteiger partial charge in [0.15, 0.2) is 0 Å². The number of morpholine rings is 1. The van der Waals surface area contributed by atoms with Gasteiger partial charge >= 0.3 is 0 Å². The first-order valence-electron chi connectivity index (χ1n) is 7.17. The fourth-order valence-electron chi connectivity index (χ4n) is 3.27. The lowest BCUT2D eigenvalue weighted by molar-refractivity contribution is -0.0475. The molecule has 3 aliphatic rings. The SMILES string of the molecule is C1=CC(NCC2CN3CCCC3CO2)CCC1. The van der Waals surface area contributed by atoms with Crippen LogP contribution in [0.15, 0.2) is 12.2 Å². The van der Waals surface area contributed by atoms with Crippen LogP contribution >= 0.6 is 0 Å². The van der Waals surface area contributed by atoms with E-state index >= 15 is 0 Å². The highest BCUT2D eigenvalue weighted by Crippen LogP contribution is 2.22. The summed E-state index contributed by atoms with van der Waals surface area (Å²) in [6.07, 6.45) is 11.6. The normalized spacial score (nSPS) is 38.2. The summed E-state index contributed by atoms with van der Waals surface area (Å²) in [6, 6.07) is 1.31. The quantitative estimate of drug-likeness (QED) is 0.752. The predicted molar refractivity (Wildman–Crippen MR) is 69.1 cm³/mol. The van der Waals surface area contributed by atoms with Gasteiger partial charge in [0.1, 0.15) is 0 Å². The maximum absolute atomic E-state index is 5.95. The van der Waals surface area contributed by atoms with Crippen molar-refractivity contribution in [2.45, 2.75) is 50.3 Å². The van der Waals surface area contributed by atoms with Crippen LogP contribution in [0.1, 0.15) is 32.1 Å². The Labute approximate surface area is 104 Å². The molecular weight excluding hydrogens is 212 g/mol. The topological polar surface area (TPSA) is 24.5 Å². The molecule has 3 heteroatoms. The highest BCUT2D eigenvalue weighted by Gasteiger charge is 2.32. The second-order valence-corrected chi connectivity index (χ2v) is 5.62. The van der Waals surface area contributed by atoms with Gasteiger partial charge in [-0.25, -0.2) is 0 Å². The summed E-state index contributed by atoms with van der Waals surface area (Å²) in [4.78, 5) is 2.62. The van der Waals surface area contributed by atoms with Gasteiger partial charge in [0.2, 0.25) is 0 Å². The van der Waals surface area contributed by atoms with Crippen LogP contribution in [0.25, 0.3) is 0 Å². The lowest BCUT2D eigenvalue weighted by Gasteiger charge is -2.36. The highest BCUT2D eigenvalue weighted by molar-refractivity contribution is 4.98. The molecule has 3 nitrogen and oxygen atoms in total. The predicted octanol–water partition coefficient (Wildman–Crippen LogP) is 1.55. The molecule has 3 rings (SSSR count). The first-order chi connectivity index (χ1) is 8.42. The van der Waals surface area contributed by atoms with E-state index in [4.69, 9.17) is 4.74 Å².